The highest BCUT2D eigenvalue weighted by molar-refractivity contribution is 7.89. The van der Waals surface area contributed by atoms with E-state index in [-0.39, 0.29) is 10.5 Å². The van der Waals surface area contributed by atoms with Crippen LogP contribution in [-0.2, 0) is 10.0 Å². The number of hydrogen-bond donors (Lipinski definition) is 1. The van der Waals surface area contributed by atoms with E-state index in [0.29, 0.717) is 22.7 Å². The highest BCUT2D eigenvalue weighted by Crippen LogP contribution is 2.28. The number of ether oxygens (including phenoxy) is 1. The molecule has 0 fully saturated rings. The lowest BCUT2D eigenvalue weighted by Crippen LogP contribution is -2.24. The zero-order valence-electron chi connectivity index (χ0n) is 18.1. The van der Waals surface area contributed by atoms with E-state index in [1.165, 1.54) is 20.2 Å². The van der Waals surface area contributed by atoms with Crippen LogP contribution in [0.15, 0.2) is 59.8 Å². The van der Waals surface area contributed by atoms with E-state index < -0.39 is 15.9 Å². The molecule has 162 valence electrons. The van der Waals surface area contributed by atoms with Gasteiger partial charge in [0.05, 0.1) is 11.1 Å². The molecule has 31 heavy (non-hydrogen) atoms. The van der Waals surface area contributed by atoms with Gasteiger partial charge in [-0.1, -0.05) is 0 Å². The van der Waals surface area contributed by atoms with Crippen LogP contribution in [0.2, 0.25) is 0 Å². The third kappa shape index (κ3) is 4.92. The molecule has 3 rings (SSSR count). The molecule has 7 nitrogen and oxygen atoms in total. The van der Waals surface area contributed by atoms with E-state index in [9.17, 15) is 13.2 Å². The number of carbonyl (C=O) groups is 1. The quantitative estimate of drug-likeness (QED) is 0.619. The maximum absolute atomic E-state index is 12.9. The standard InChI is InChI=1S/C23H25N3O4S/c1-15-11-18(13-22(17(15)3)31(28,29)26(4)5)23(27)25-19-8-9-21(16(2)12-19)30-20-7-6-10-24-14-20/h6-14H,1-5H3,(H,25,27). The Labute approximate surface area is 182 Å². The molecule has 1 heterocycles. The topological polar surface area (TPSA) is 88.6 Å². The van der Waals surface area contributed by atoms with Crippen LogP contribution in [0.1, 0.15) is 27.0 Å². The van der Waals surface area contributed by atoms with Crippen molar-refractivity contribution < 1.29 is 17.9 Å². The van der Waals surface area contributed by atoms with Crippen LogP contribution in [0, 0.1) is 20.8 Å². The summed E-state index contributed by atoms with van der Waals surface area (Å²) in [5.41, 5.74) is 3.04. The number of anilines is 1. The zero-order valence-corrected chi connectivity index (χ0v) is 18.9. The molecule has 1 aromatic heterocycles. The number of pyridine rings is 1. The van der Waals surface area contributed by atoms with E-state index in [1.54, 1.807) is 62.6 Å². The zero-order chi connectivity index (χ0) is 22.8. The molecular weight excluding hydrogens is 414 g/mol. The number of aromatic nitrogens is 1. The number of nitrogens with one attached hydrogen (secondary N) is 1. The second-order valence-electron chi connectivity index (χ2n) is 7.43. The summed E-state index contributed by atoms with van der Waals surface area (Å²) in [6, 6.07) is 12.0. The number of aryl methyl sites for hydroxylation is 2. The molecule has 0 spiro atoms. The summed E-state index contributed by atoms with van der Waals surface area (Å²) in [7, 11) is -0.735. The van der Waals surface area contributed by atoms with Crippen LogP contribution in [0.4, 0.5) is 5.69 Å². The number of amides is 1. The molecule has 0 atom stereocenters. The van der Waals surface area contributed by atoms with E-state index in [2.05, 4.69) is 10.3 Å². The molecule has 8 heteroatoms. The summed E-state index contributed by atoms with van der Waals surface area (Å²) in [6.45, 7) is 5.40. The third-order valence-corrected chi connectivity index (χ3v) is 6.88. The van der Waals surface area contributed by atoms with E-state index >= 15 is 0 Å². The van der Waals surface area contributed by atoms with Crippen LogP contribution >= 0.6 is 0 Å². The van der Waals surface area contributed by atoms with Gasteiger partial charge in [-0.2, -0.15) is 0 Å². The Hall–Kier alpha value is -3.23. The lowest BCUT2D eigenvalue weighted by molar-refractivity contribution is 0.102. The Kier molecular flexibility index (Phi) is 6.42. The molecule has 0 saturated carbocycles. The van der Waals surface area contributed by atoms with Crippen LogP contribution in [0.3, 0.4) is 0 Å². The van der Waals surface area contributed by atoms with Crippen LogP contribution in [0.25, 0.3) is 0 Å². The first-order chi connectivity index (χ1) is 14.6. The van der Waals surface area contributed by atoms with Gasteiger partial charge in [0.1, 0.15) is 11.5 Å². The van der Waals surface area contributed by atoms with Gasteiger partial charge in [0.25, 0.3) is 5.91 Å². The third-order valence-electron chi connectivity index (χ3n) is 4.94. The first-order valence-corrected chi connectivity index (χ1v) is 11.1. The van der Waals surface area contributed by atoms with E-state index in [0.717, 1.165) is 15.4 Å². The van der Waals surface area contributed by atoms with Gasteiger partial charge in [0, 0.05) is 31.5 Å². The van der Waals surface area contributed by atoms with Crippen molar-refractivity contribution in [2.75, 3.05) is 19.4 Å². The average molecular weight is 440 g/mol. The highest BCUT2D eigenvalue weighted by atomic mass is 32.2. The summed E-state index contributed by atoms with van der Waals surface area (Å²) in [6.07, 6.45) is 3.29. The van der Waals surface area contributed by atoms with Crippen LogP contribution in [-0.4, -0.2) is 37.7 Å². The number of carbonyl (C=O) groups excluding carboxylic acids is 1. The van der Waals surface area contributed by atoms with E-state index in [1.807, 2.05) is 6.92 Å². The molecule has 0 bridgehead atoms. The van der Waals surface area contributed by atoms with Crippen molar-refractivity contribution in [3.05, 3.63) is 77.1 Å². The summed E-state index contributed by atoms with van der Waals surface area (Å²) in [5.74, 6) is 0.877. The van der Waals surface area contributed by atoms with Crippen LogP contribution < -0.4 is 10.1 Å². The van der Waals surface area contributed by atoms with Crippen LogP contribution in [0.5, 0.6) is 11.5 Å². The smallest absolute Gasteiger partial charge is 0.255 e. The molecule has 0 saturated heterocycles. The Morgan fingerprint density at radius 2 is 1.77 bits per heavy atom. The van der Waals surface area contributed by atoms with Crippen molar-refractivity contribution in [2.45, 2.75) is 25.7 Å². The number of rotatable bonds is 6. The first-order valence-electron chi connectivity index (χ1n) is 9.63. The lowest BCUT2D eigenvalue weighted by Gasteiger charge is -2.17. The Balaban J connectivity index is 1.85. The highest BCUT2D eigenvalue weighted by Gasteiger charge is 2.23. The van der Waals surface area contributed by atoms with Gasteiger partial charge in [-0.25, -0.2) is 12.7 Å². The summed E-state index contributed by atoms with van der Waals surface area (Å²) in [5, 5.41) is 2.83. The predicted octanol–water partition coefficient (Wildman–Crippen LogP) is 4.30. The maximum atomic E-state index is 12.9. The average Bonchev–Trinajstić information content (AvgIpc) is 2.72. The Bertz CT molecular complexity index is 1220. The Morgan fingerprint density at radius 1 is 1.03 bits per heavy atom. The number of hydrogen-bond acceptors (Lipinski definition) is 5. The summed E-state index contributed by atoms with van der Waals surface area (Å²) in [4.78, 5) is 17.0. The fourth-order valence-corrected chi connectivity index (χ4v) is 4.22. The predicted molar refractivity (Wildman–Crippen MR) is 120 cm³/mol. The lowest BCUT2D eigenvalue weighted by atomic mass is 10.1. The molecule has 1 amide bonds. The van der Waals surface area contributed by atoms with Crippen molar-refractivity contribution in [1.29, 1.82) is 0 Å². The molecule has 0 aliphatic rings. The van der Waals surface area contributed by atoms with Crippen molar-refractivity contribution in [2.24, 2.45) is 0 Å². The SMILES string of the molecule is Cc1cc(NC(=O)c2cc(C)c(C)c(S(=O)(=O)N(C)C)c2)ccc1Oc1cccnc1. The van der Waals surface area contributed by atoms with Gasteiger partial charge in [-0.3, -0.25) is 9.78 Å². The molecule has 0 aliphatic heterocycles. The minimum absolute atomic E-state index is 0.124. The van der Waals surface area contributed by atoms with Gasteiger partial charge in [-0.05, 0) is 79.9 Å². The largest absolute Gasteiger partial charge is 0.455 e. The molecule has 3 aromatic rings. The van der Waals surface area contributed by atoms with Gasteiger partial charge >= 0.3 is 0 Å². The number of benzene rings is 2. The monoisotopic (exact) mass is 439 g/mol. The van der Waals surface area contributed by atoms with Crippen molar-refractivity contribution in [3.8, 4) is 11.5 Å². The molecule has 1 N–H and O–H groups in total. The fraction of sp³-hybridized carbons (Fsp3) is 0.217. The Morgan fingerprint density at radius 3 is 2.39 bits per heavy atom. The molecule has 0 aliphatic carbocycles. The minimum atomic E-state index is -3.67. The van der Waals surface area contributed by atoms with Crippen molar-refractivity contribution in [1.82, 2.24) is 9.29 Å². The van der Waals surface area contributed by atoms with Gasteiger partial charge < -0.3 is 10.1 Å². The molecular formula is C23H25N3O4S. The second-order valence-corrected chi connectivity index (χ2v) is 9.55. The summed E-state index contributed by atoms with van der Waals surface area (Å²) < 4.78 is 32.2. The fourth-order valence-electron chi connectivity index (χ4n) is 3.00. The number of nitrogens with zero attached hydrogens (tertiary/aromatic N) is 2. The maximum Gasteiger partial charge on any atom is 0.255 e. The van der Waals surface area contributed by atoms with Gasteiger partial charge in [0.2, 0.25) is 10.0 Å². The van der Waals surface area contributed by atoms with Gasteiger partial charge in [-0.15, -0.1) is 0 Å². The minimum Gasteiger partial charge on any atom is -0.455 e. The summed E-state index contributed by atoms with van der Waals surface area (Å²) >= 11 is 0. The van der Waals surface area contributed by atoms with Crippen molar-refractivity contribution >= 4 is 21.6 Å². The molecule has 2 aromatic carbocycles. The second kappa shape index (κ2) is 8.87. The number of sulfonamides is 1. The van der Waals surface area contributed by atoms with E-state index in [4.69, 9.17) is 4.74 Å². The van der Waals surface area contributed by atoms with Gasteiger partial charge in [0.15, 0.2) is 0 Å². The normalized spacial score (nSPS) is 11.4. The first kappa shape index (κ1) is 22.5. The molecule has 0 radical (unpaired) electrons. The molecule has 0 unspecified atom stereocenters. The van der Waals surface area contributed by atoms with Crippen molar-refractivity contribution in [3.63, 3.8) is 0 Å².